The number of piperazine rings is 1. The van der Waals surface area contributed by atoms with Gasteiger partial charge in [0, 0.05) is 66.8 Å². The predicted molar refractivity (Wildman–Crippen MR) is 146 cm³/mol. The summed E-state index contributed by atoms with van der Waals surface area (Å²) in [6.45, 7) is 6.66. The van der Waals surface area contributed by atoms with E-state index in [1.807, 2.05) is 12.1 Å². The summed E-state index contributed by atoms with van der Waals surface area (Å²) in [5.41, 5.74) is 0.460. The Labute approximate surface area is 224 Å². The number of halogens is 2. The van der Waals surface area contributed by atoms with Crippen LogP contribution in [0.2, 0.25) is 0 Å². The van der Waals surface area contributed by atoms with E-state index in [2.05, 4.69) is 29.9 Å². The molecule has 4 heterocycles. The first kappa shape index (κ1) is 26.7. The highest BCUT2D eigenvalue weighted by molar-refractivity contribution is 7.93. The molecule has 0 aliphatic carbocycles. The van der Waals surface area contributed by atoms with Crippen molar-refractivity contribution in [2.75, 3.05) is 35.8 Å². The predicted octanol–water partition coefficient (Wildman–Crippen LogP) is 4.08. The topological polar surface area (TPSA) is 120 Å². The summed E-state index contributed by atoms with van der Waals surface area (Å²) in [5, 5.41) is 2.87. The van der Waals surface area contributed by atoms with Crippen molar-refractivity contribution in [3.63, 3.8) is 0 Å². The summed E-state index contributed by atoms with van der Waals surface area (Å²) in [6, 6.07) is 7.37. The molecule has 3 N–H and O–H groups in total. The first-order chi connectivity index (χ1) is 18.7. The molecule has 3 aromatic heterocycles. The van der Waals surface area contributed by atoms with Gasteiger partial charge in [-0.15, -0.1) is 0 Å². The van der Waals surface area contributed by atoms with Gasteiger partial charge < -0.3 is 15.2 Å². The van der Waals surface area contributed by atoms with E-state index in [9.17, 15) is 17.6 Å². The summed E-state index contributed by atoms with van der Waals surface area (Å²) in [7, 11) is -3.93. The molecule has 1 saturated heterocycles. The van der Waals surface area contributed by atoms with Crippen LogP contribution in [0.15, 0.2) is 48.9 Å². The number of fused-ring (bicyclic) bond motifs is 1. The fraction of sp³-hybridized carbons (Fsp3) is 0.296. The van der Waals surface area contributed by atoms with E-state index >= 15 is 4.39 Å². The van der Waals surface area contributed by atoms with Gasteiger partial charge in [0.05, 0.1) is 16.5 Å². The quantitative estimate of drug-likeness (QED) is 0.281. The number of pyridine rings is 2. The molecule has 0 saturated carbocycles. The van der Waals surface area contributed by atoms with Crippen molar-refractivity contribution < 1.29 is 22.0 Å². The van der Waals surface area contributed by atoms with E-state index in [0.717, 1.165) is 49.7 Å². The zero-order valence-electron chi connectivity index (χ0n) is 21.5. The van der Waals surface area contributed by atoms with Gasteiger partial charge in [-0.05, 0) is 43.7 Å². The number of carbonyl (C=O) groups is 1. The van der Waals surface area contributed by atoms with Crippen molar-refractivity contribution >= 4 is 38.3 Å². The number of aromatic amines is 1. The zero-order chi connectivity index (χ0) is 27.7. The van der Waals surface area contributed by atoms with Gasteiger partial charge in [-0.1, -0.05) is 6.92 Å². The normalized spacial score (nSPS) is 14.9. The Morgan fingerprint density at radius 1 is 1.10 bits per heavy atom. The summed E-state index contributed by atoms with van der Waals surface area (Å²) in [6.07, 6.45) is 4.98. The number of anilines is 2. The highest BCUT2D eigenvalue weighted by Gasteiger charge is 2.27. The number of hydrogen-bond acceptors (Lipinski definition) is 7. The fourth-order valence-electron chi connectivity index (χ4n) is 4.43. The highest BCUT2D eigenvalue weighted by Crippen LogP contribution is 2.30. The SMILES string of the molecule is CCC(C)S(=O)(=O)Nc1ccc(F)c(C(=O)c2c[nH]c3ncc(-c4ccc(N5CCNCC5)nc4)cc23)c1F. The van der Waals surface area contributed by atoms with Crippen LogP contribution in [-0.4, -0.2) is 60.6 Å². The number of nitrogens with zero attached hydrogens (tertiary/aromatic N) is 3. The summed E-state index contributed by atoms with van der Waals surface area (Å²) < 4.78 is 57.2. The molecule has 204 valence electrons. The number of H-pyrrole nitrogens is 1. The second-order valence-corrected chi connectivity index (χ2v) is 11.5. The summed E-state index contributed by atoms with van der Waals surface area (Å²) >= 11 is 0. The maximum absolute atomic E-state index is 15.4. The third-order valence-electron chi connectivity index (χ3n) is 6.97. The molecule has 1 unspecified atom stereocenters. The molecule has 1 fully saturated rings. The largest absolute Gasteiger partial charge is 0.354 e. The lowest BCUT2D eigenvalue weighted by molar-refractivity contribution is 0.103. The molecule has 1 aliphatic rings. The average Bonchev–Trinajstić information content (AvgIpc) is 3.38. The average molecular weight is 555 g/mol. The molecule has 4 aromatic rings. The molecule has 1 aliphatic heterocycles. The first-order valence-corrected chi connectivity index (χ1v) is 14.2. The third kappa shape index (κ3) is 5.21. The van der Waals surface area contributed by atoms with Crippen LogP contribution >= 0.6 is 0 Å². The van der Waals surface area contributed by atoms with Crippen LogP contribution in [0.1, 0.15) is 36.2 Å². The second-order valence-electron chi connectivity index (χ2n) is 9.44. The lowest BCUT2D eigenvalue weighted by Crippen LogP contribution is -2.43. The van der Waals surface area contributed by atoms with Crippen molar-refractivity contribution in [1.29, 1.82) is 0 Å². The Balaban J connectivity index is 1.48. The molecule has 1 aromatic carbocycles. The number of aromatic nitrogens is 3. The van der Waals surface area contributed by atoms with Crippen molar-refractivity contribution in [3.8, 4) is 11.1 Å². The van der Waals surface area contributed by atoms with Crippen molar-refractivity contribution in [3.05, 3.63) is 71.7 Å². The van der Waals surface area contributed by atoms with E-state index < -0.39 is 43.9 Å². The lowest BCUT2D eigenvalue weighted by atomic mass is 10.00. The number of nitrogens with one attached hydrogen (secondary N) is 3. The van der Waals surface area contributed by atoms with E-state index in [-0.39, 0.29) is 5.56 Å². The fourth-order valence-corrected chi connectivity index (χ4v) is 5.54. The van der Waals surface area contributed by atoms with Gasteiger partial charge in [0.25, 0.3) is 0 Å². The monoisotopic (exact) mass is 554 g/mol. The number of ketones is 1. The third-order valence-corrected chi connectivity index (χ3v) is 8.87. The van der Waals surface area contributed by atoms with E-state index in [1.54, 1.807) is 25.4 Å². The Morgan fingerprint density at radius 2 is 1.85 bits per heavy atom. The smallest absolute Gasteiger partial charge is 0.235 e. The Bertz CT molecular complexity index is 1630. The molecule has 9 nitrogen and oxygen atoms in total. The van der Waals surface area contributed by atoms with E-state index in [1.165, 1.54) is 13.1 Å². The number of hydrogen-bond donors (Lipinski definition) is 3. The number of benzene rings is 1. The van der Waals surface area contributed by atoms with Gasteiger partial charge in [-0.3, -0.25) is 9.52 Å². The van der Waals surface area contributed by atoms with Gasteiger partial charge in [-0.2, -0.15) is 0 Å². The van der Waals surface area contributed by atoms with E-state index in [0.29, 0.717) is 23.0 Å². The molecule has 0 radical (unpaired) electrons. The molecular weight excluding hydrogens is 526 g/mol. The molecule has 39 heavy (non-hydrogen) atoms. The van der Waals surface area contributed by atoms with Crippen LogP contribution < -0.4 is 14.9 Å². The standard InChI is InChI=1S/C27H28F2N6O3S/c1-3-16(2)39(37,38)34-22-6-5-21(28)24(25(22)29)26(36)20-15-33-27-19(20)12-18(14-32-27)17-4-7-23(31-13-17)35-10-8-30-9-11-35/h4-7,12-16,30,34H,3,8-11H2,1-2H3,(H,32,33). The molecule has 5 rings (SSSR count). The van der Waals surface area contributed by atoms with Gasteiger partial charge in [-0.25, -0.2) is 27.2 Å². The maximum atomic E-state index is 15.4. The first-order valence-electron chi connectivity index (χ1n) is 12.6. The molecule has 0 amide bonds. The minimum atomic E-state index is -3.93. The second kappa shape index (κ2) is 10.7. The highest BCUT2D eigenvalue weighted by atomic mass is 32.2. The molecular formula is C27H28F2N6O3S. The van der Waals surface area contributed by atoms with Crippen molar-refractivity contribution in [1.82, 2.24) is 20.3 Å². The molecule has 12 heteroatoms. The van der Waals surface area contributed by atoms with Crippen LogP contribution in [0.3, 0.4) is 0 Å². The van der Waals surface area contributed by atoms with Crippen molar-refractivity contribution in [2.45, 2.75) is 25.5 Å². The van der Waals surface area contributed by atoms with Gasteiger partial charge >= 0.3 is 0 Å². The Morgan fingerprint density at radius 3 is 2.54 bits per heavy atom. The Kier molecular flexibility index (Phi) is 7.32. The minimum Gasteiger partial charge on any atom is -0.354 e. The van der Waals surface area contributed by atoms with Crippen LogP contribution in [0.5, 0.6) is 0 Å². The van der Waals surface area contributed by atoms with Gasteiger partial charge in [0.2, 0.25) is 15.8 Å². The van der Waals surface area contributed by atoms with Crippen LogP contribution in [0, 0.1) is 11.6 Å². The summed E-state index contributed by atoms with van der Waals surface area (Å²) in [4.78, 5) is 27.4. The van der Waals surface area contributed by atoms with Gasteiger partial charge in [0.15, 0.2) is 5.82 Å². The molecule has 1 atom stereocenters. The van der Waals surface area contributed by atoms with Crippen LogP contribution in [0.25, 0.3) is 22.2 Å². The van der Waals surface area contributed by atoms with Crippen LogP contribution in [0.4, 0.5) is 20.3 Å². The van der Waals surface area contributed by atoms with Gasteiger partial charge in [0.1, 0.15) is 17.3 Å². The number of rotatable bonds is 8. The van der Waals surface area contributed by atoms with E-state index in [4.69, 9.17) is 0 Å². The maximum Gasteiger partial charge on any atom is 0.235 e. The number of sulfonamides is 1. The Hall–Kier alpha value is -3.90. The molecule has 0 bridgehead atoms. The zero-order valence-corrected chi connectivity index (χ0v) is 22.3. The lowest BCUT2D eigenvalue weighted by Gasteiger charge is -2.28. The van der Waals surface area contributed by atoms with Crippen molar-refractivity contribution in [2.24, 2.45) is 0 Å². The number of carbonyl (C=O) groups excluding carboxylic acids is 1. The minimum absolute atomic E-state index is 0.00415. The van der Waals surface area contributed by atoms with Crippen LogP contribution in [-0.2, 0) is 10.0 Å². The summed E-state index contributed by atoms with van der Waals surface area (Å²) in [5.74, 6) is -2.46. The molecule has 0 spiro atoms.